The molecule has 13 heavy (non-hydrogen) atoms. The van der Waals surface area contributed by atoms with Crippen LogP contribution in [0.3, 0.4) is 0 Å². The maximum atomic E-state index is 2.37. The fraction of sp³-hybridized carbons (Fsp3) is 0.692. The molecule has 0 amide bonds. The molecule has 1 atom stereocenters. The lowest BCUT2D eigenvalue weighted by Gasteiger charge is -2.29. The van der Waals surface area contributed by atoms with E-state index < -0.39 is 0 Å². The number of allylic oxidation sites excluding steroid dienone is 4. The lowest BCUT2D eigenvalue weighted by molar-refractivity contribution is 0.354. The van der Waals surface area contributed by atoms with Crippen LogP contribution in [0.25, 0.3) is 0 Å². The Kier molecular flexibility index (Phi) is 5.77. The van der Waals surface area contributed by atoms with E-state index in [-0.39, 0.29) is 0 Å². The first-order valence-electron chi connectivity index (χ1n) is 5.44. The van der Waals surface area contributed by atoms with Crippen molar-refractivity contribution in [2.75, 3.05) is 0 Å². The molecule has 0 N–H and O–H groups in total. The van der Waals surface area contributed by atoms with E-state index in [1.165, 1.54) is 24.8 Å². The van der Waals surface area contributed by atoms with Gasteiger partial charge in [-0.25, -0.2) is 0 Å². The average molecular weight is 180 g/mol. The molecule has 0 nitrogen and oxygen atoms in total. The Balaban J connectivity index is 4.70. The fourth-order valence-electron chi connectivity index (χ4n) is 1.90. The van der Waals surface area contributed by atoms with Crippen LogP contribution in [0.1, 0.15) is 53.9 Å². The third-order valence-electron chi connectivity index (χ3n) is 2.94. The van der Waals surface area contributed by atoms with Gasteiger partial charge >= 0.3 is 0 Å². The third kappa shape index (κ3) is 3.38. The highest BCUT2D eigenvalue weighted by atomic mass is 14.3. The van der Waals surface area contributed by atoms with Crippen LogP contribution in [0.15, 0.2) is 23.8 Å². The summed E-state index contributed by atoms with van der Waals surface area (Å²) in [7, 11) is 0. The van der Waals surface area contributed by atoms with Crippen LogP contribution >= 0.6 is 0 Å². The maximum Gasteiger partial charge on any atom is -0.00813 e. The molecule has 76 valence electrons. The van der Waals surface area contributed by atoms with Gasteiger partial charge in [0.15, 0.2) is 0 Å². The summed E-state index contributed by atoms with van der Waals surface area (Å²) in [5.74, 6) is 0. The second kappa shape index (κ2) is 6.01. The summed E-state index contributed by atoms with van der Waals surface area (Å²) in [4.78, 5) is 0. The molecule has 0 heterocycles. The number of hydrogen-bond donors (Lipinski definition) is 0. The van der Waals surface area contributed by atoms with Crippen LogP contribution in [-0.4, -0.2) is 0 Å². The molecule has 0 heteroatoms. The minimum absolute atomic E-state index is 0.385. The lowest BCUT2D eigenvalue weighted by Crippen LogP contribution is -2.16. The summed E-state index contributed by atoms with van der Waals surface area (Å²) in [6.07, 6.45) is 10.4. The molecular weight excluding hydrogens is 156 g/mol. The van der Waals surface area contributed by atoms with Crippen molar-refractivity contribution in [1.82, 2.24) is 0 Å². The highest BCUT2D eigenvalue weighted by Gasteiger charge is 2.23. The van der Waals surface area contributed by atoms with Crippen LogP contribution < -0.4 is 0 Å². The second-order valence-electron chi connectivity index (χ2n) is 3.91. The zero-order chi connectivity index (χ0) is 10.3. The molecule has 0 bridgehead atoms. The summed E-state index contributed by atoms with van der Waals surface area (Å²) in [6, 6.07) is 0. The SMILES string of the molecule is C/C=C\C(=C/C)C(C)(CC)CCC. The first-order valence-corrected chi connectivity index (χ1v) is 5.44. The second-order valence-corrected chi connectivity index (χ2v) is 3.91. The van der Waals surface area contributed by atoms with E-state index in [9.17, 15) is 0 Å². The molecule has 0 aromatic rings. The fourth-order valence-corrected chi connectivity index (χ4v) is 1.90. The molecule has 0 aromatic heterocycles. The van der Waals surface area contributed by atoms with Gasteiger partial charge in [-0.15, -0.1) is 0 Å². The molecule has 0 aliphatic rings. The lowest BCUT2D eigenvalue weighted by atomic mass is 9.76. The van der Waals surface area contributed by atoms with Gasteiger partial charge in [-0.1, -0.05) is 45.4 Å². The van der Waals surface area contributed by atoms with E-state index in [0.717, 1.165) is 0 Å². The van der Waals surface area contributed by atoms with Gasteiger partial charge in [-0.3, -0.25) is 0 Å². The van der Waals surface area contributed by atoms with Crippen LogP contribution in [0, 0.1) is 5.41 Å². The van der Waals surface area contributed by atoms with E-state index in [0.29, 0.717) is 5.41 Å². The number of hydrogen-bond acceptors (Lipinski definition) is 0. The van der Waals surface area contributed by atoms with Crippen molar-refractivity contribution in [3.63, 3.8) is 0 Å². The predicted octanol–water partition coefficient (Wildman–Crippen LogP) is 4.73. The van der Waals surface area contributed by atoms with Crippen molar-refractivity contribution in [2.24, 2.45) is 5.41 Å². The van der Waals surface area contributed by atoms with E-state index in [1.807, 2.05) is 0 Å². The zero-order valence-corrected chi connectivity index (χ0v) is 9.85. The van der Waals surface area contributed by atoms with E-state index in [1.54, 1.807) is 0 Å². The number of rotatable bonds is 5. The van der Waals surface area contributed by atoms with Gasteiger partial charge in [-0.2, -0.15) is 0 Å². The van der Waals surface area contributed by atoms with Crippen molar-refractivity contribution in [3.05, 3.63) is 23.8 Å². The summed E-state index contributed by atoms with van der Waals surface area (Å²) in [6.45, 7) is 11.1. The topological polar surface area (TPSA) is 0 Å². The average Bonchev–Trinajstić information content (AvgIpc) is 2.14. The summed E-state index contributed by atoms with van der Waals surface area (Å²) in [5, 5.41) is 0. The van der Waals surface area contributed by atoms with Crippen molar-refractivity contribution in [3.8, 4) is 0 Å². The molecule has 0 fully saturated rings. The van der Waals surface area contributed by atoms with Gasteiger partial charge in [0.05, 0.1) is 0 Å². The Morgan fingerprint density at radius 1 is 1.23 bits per heavy atom. The normalized spacial score (nSPS) is 17.8. The molecule has 0 saturated carbocycles. The first kappa shape index (κ1) is 12.5. The zero-order valence-electron chi connectivity index (χ0n) is 9.85. The predicted molar refractivity (Wildman–Crippen MR) is 61.9 cm³/mol. The van der Waals surface area contributed by atoms with Gasteiger partial charge < -0.3 is 0 Å². The summed E-state index contributed by atoms with van der Waals surface area (Å²) in [5.41, 5.74) is 1.87. The Labute approximate surface area is 83.7 Å². The van der Waals surface area contributed by atoms with Gasteiger partial charge in [-0.05, 0) is 37.7 Å². The van der Waals surface area contributed by atoms with E-state index in [2.05, 4.69) is 52.8 Å². The Bertz CT molecular complexity index is 186. The van der Waals surface area contributed by atoms with Crippen molar-refractivity contribution < 1.29 is 0 Å². The van der Waals surface area contributed by atoms with Gasteiger partial charge in [0, 0.05) is 0 Å². The summed E-state index contributed by atoms with van der Waals surface area (Å²) >= 11 is 0. The molecule has 0 aromatic carbocycles. The molecule has 0 saturated heterocycles. The van der Waals surface area contributed by atoms with Crippen molar-refractivity contribution in [2.45, 2.75) is 53.9 Å². The van der Waals surface area contributed by atoms with Crippen LogP contribution in [0.2, 0.25) is 0 Å². The Morgan fingerprint density at radius 3 is 2.15 bits per heavy atom. The van der Waals surface area contributed by atoms with Crippen molar-refractivity contribution in [1.29, 1.82) is 0 Å². The van der Waals surface area contributed by atoms with Gasteiger partial charge in [0.1, 0.15) is 0 Å². The molecular formula is C13H24. The Morgan fingerprint density at radius 2 is 1.85 bits per heavy atom. The van der Waals surface area contributed by atoms with Gasteiger partial charge in [0.25, 0.3) is 0 Å². The van der Waals surface area contributed by atoms with Crippen LogP contribution in [0.4, 0.5) is 0 Å². The quantitative estimate of drug-likeness (QED) is 0.537. The first-order chi connectivity index (χ1) is 6.14. The maximum absolute atomic E-state index is 2.37. The van der Waals surface area contributed by atoms with Crippen LogP contribution in [0.5, 0.6) is 0 Å². The van der Waals surface area contributed by atoms with Crippen molar-refractivity contribution >= 4 is 0 Å². The highest BCUT2D eigenvalue weighted by Crippen LogP contribution is 2.36. The molecule has 0 radical (unpaired) electrons. The minimum atomic E-state index is 0.385. The third-order valence-corrected chi connectivity index (χ3v) is 2.94. The van der Waals surface area contributed by atoms with E-state index in [4.69, 9.17) is 0 Å². The highest BCUT2D eigenvalue weighted by molar-refractivity contribution is 5.25. The largest absolute Gasteiger partial charge is 0.0874 e. The monoisotopic (exact) mass is 180 g/mol. The summed E-state index contributed by atoms with van der Waals surface area (Å²) < 4.78 is 0. The van der Waals surface area contributed by atoms with Gasteiger partial charge in [0.2, 0.25) is 0 Å². The molecule has 0 spiro atoms. The smallest absolute Gasteiger partial charge is 0.00813 e. The molecule has 0 aliphatic carbocycles. The Hall–Kier alpha value is -0.520. The van der Waals surface area contributed by atoms with E-state index >= 15 is 0 Å². The van der Waals surface area contributed by atoms with Crippen LogP contribution in [-0.2, 0) is 0 Å². The standard InChI is InChI=1S/C13H24/c1-6-10-12(8-3)13(5,9-4)11-7-2/h6,8,10H,7,9,11H2,1-5H3/b10-6-,12-8+. The molecule has 0 aliphatic heterocycles. The molecule has 1 unspecified atom stereocenters. The molecule has 0 rings (SSSR count). The minimum Gasteiger partial charge on any atom is -0.0874 e.